The Morgan fingerprint density at radius 3 is 2.86 bits per heavy atom. The van der Waals surface area contributed by atoms with Crippen molar-refractivity contribution in [2.75, 3.05) is 18.0 Å². The molecule has 1 unspecified atom stereocenters. The Kier molecular flexibility index (Phi) is 6.55. The molecule has 0 spiro atoms. The van der Waals surface area contributed by atoms with Crippen molar-refractivity contribution < 1.29 is 19.5 Å². The molecule has 0 bridgehead atoms. The number of anilines is 1. The molecule has 1 saturated heterocycles. The predicted octanol–water partition coefficient (Wildman–Crippen LogP) is 1.44. The van der Waals surface area contributed by atoms with E-state index in [9.17, 15) is 9.59 Å². The average molecular weight is 415 g/mol. The first-order chi connectivity index (χ1) is 14.0. The molecule has 1 aliphatic rings. The number of hydrogen-bond acceptors (Lipinski definition) is 6. The lowest BCUT2D eigenvalue weighted by Crippen LogP contribution is -2.34. The molecule has 2 N–H and O–H groups in total. The van der Waals surface area contributed by atoms with E-state index in [1.54, 1.807) is 11.1 Å². The van der Waals surface area contributed by atoms with Crippen LogP contribution in [0.25, 0.3) is 10.2 Å². The fourth-order valence-corrected chi connectivity index (χ4v) is 4.11. The Balaban J connectivity index is 0.000000755. The Morgan fingerprint density at radius 1 is 1.41 bits per heavy atom. The zero-order valence-electron chi connectivity index (χ0n) is 15.8. The molecular weight excluding hydrogens is 394 g/mol. The molecule has 0 aliphatic carbocycles. The van der Waals surface area contributed by atoms with Crippen LogP contribution in [0, 0.1) is 5.92 Å². The van der Waals surface area contributed by atoms with E-state index >= 15 is 0 Å². The van der Waals surface area contributed by atoms with Crippen LogP contribution in [0.2, 0.25) is 0 Å². The summed E-state index contributed by atoms with van der Waals surface area (Å²) < 4.78 is 2.97. The molecule has 10 heteroatoms. The number of hydrogen-bond donors (Lipinski definition) is 2. The number of nitrogens with one attached hydrogen (secondary N) is 1. The molecular formula is C19H21N5O4S. The van der Waals surface area contributed by atoms with Crippen LogP contribution in [0.4, 0.5) is 5.13 Å². The number of nitrogens with zero attached hydrogens (tertiary/aromatic N) is 4. The number of rotatable bonds is 5. The molecule has 1 atom stereocenters. The van der Waals surface area contributed by atoms with E-state index in [-0.39, 0.29) is 30.6 Å². The molecule has 4 rings (SSSR count). The van der Waals surface area contributed by atoms with Gasteiger partial charge in [0, 0.05) is 45.4 Å². The Bertz CT molecular complexity index is 982. The second kappa shape index (κ2) is 9.28. The lowest BCUT2D eigenvalue weighted by molar-refractivity contribution is -0.126. The quantitative estimate of drug-likeness (QED) is 0.609. The topological polar surface area (TPSA) is 117 Å². The van der Waals surface area contributed by atoms with Crippen molar-refractivity contribution in [1.82, 2.24) is 19.9 Å². The largest absolute Gasteiger partial charge is 0.483 e. The highest BCUT2D eigenvalue weighted by molar-refractivity contribution is 7.22. The minimum Gasteiger partial charge on any atom is -0.483 e. The van der Waals surface area contributed by atoms with E-state index in [0.717, 1.165) is 16.0 Å². The third-order valence-corrected chi connectivity index (χ3v) is 5.64. The van der Waals surface area contributed by atoms with E-state index in [4.69, 9.17) is 9.90 Å². The van der Waals surface area contributed by atoms with Crippen molar-refractivity contribution in [3.8, 4) is 0 Å². The van der Waals surface area contributed by atoms with Crippen LogP contribution >= 0.6 is 11.3 Å². The fraction of sp³-hybridized carbons (Fsp3) is 0.316. The van der Waals surface area contributed by atoms with Gasteiger partial charge in [0.2, 0.25) is 11.8 Å². The monoisotopic (exact) mass is 415 g/mol. The summed E-state index contributed by atoms with van der Waals surface area (Å²) in [6.07, 6.45) is 4.51. The van der Waals surface area contributed by atoms with E-state index < -0.39 is 0 Å². The summed E-state index contributed by atoms with van der Waals surface area (Å²) in [6.45, 7) is 0.641. The molecule has 2 aromatic heterocycles. The number of imidazole rings is 1. The molecule has 3 aromatic rings. The van der Waals surface area contributed by atoms with Crippen molar-refractivity contribution >= 4 is 45.0 Å². The minimum absolute atomic E-state index is 0.0479. The molecule has 1 fully saturated rings. The fourth-order valence-electron chi connectivity index (χ4n) is 3.12. The minimum atomic E-state index is -0.337. The molecule has 29 heavy (non-hydrogen) atoms. The highest BCUT2D eigenvalue weighted by Gasteiger charge is 2.36. The molecule has 0 saturated carbocycles. The summed E-state index contributed by atoms with van der Waals surface area (Å²) in [5, 5.41) is 10.5. The van der Waals surface area contributed by atoms with Gasteiger partial charge in [-0.05, 0) is 12.1 Å². The number of amides is 2. The van der Waals surface area contributed by atoms with Crippen LogP contribution in [0.1, 0.15) is 12.2 Å². The second-order valence-electron chi connectivity index (χ2n) is 6.47. The number of carbonyl (C=O) groups excluding carboxylic acids is 2. The van der Waals surface area contributed by atoms with Gasteiger partial charge in [0.05, 0.1) is 16.1 Å². The first-order valence-electron chi connectivity index (χ1n) is 9.01. The van der Waals surface area contributed by atoms with Crippen LogP contribution in [-0.2, 0) is 27.9 Å². The standard InChI is InChI=1S/C18H19N5O2S.CH2O2/c1-22-9-8-19-15(22)6-7-20-17(25)12-10-16(24)23(11-12)18-21-13-4-2-3-5-14(13)26-18;2-1-3/h2-5,8-9,12H,6-7,10-11H2,1H3,(H,20,25);1H,(H,2,3). The number of benzene rings is 1. The number of carboxylic acid groups (broad SMARTS) is 1. The Hall–Kier alpha value is -3.27. The van der Waals surface area contributed by atoms with Gasteiger partial charge in [-0.15, -0.1) is 0 Å². The summed E-state index contributed by atoms with van der Waals surface area (Å²) in [4.78, 5) is 43.5. The smallest absolute Gasteiger partial charge is 0.290 e. The number of fused-ring (bicyclic) bond motifs is 1. The third-order valence-electron chi connectivity index (χ3n) is 4.58. The summed E-state index contributed by atoms with van der Waals surface area (Å²) in [6, 6.07) is 7.79. The van der Waals surface area contributed by atoms with E-state index in [1.807, 2.05) is 42.1 Å². The van der Waals surface area contributed by atoms with E-state index in [0.29, 0.717) is 24.6 Å². The number of aromatic nitrogens is 3. The molecule has 152 valence electrons. The highest BCUT2D eigenvalue weighted by Crippen LogP contribution is 2.32. The second-order valence-corrected chi connectivity index (χ2v) is 7.48. The van der Waals surface area contributed by atoms with Crippen LogP contribution < -0.4 is 10.2 Å². The number of aryl methyl sites for hydroxylation is 1. The molecule has 2 amide bonds. The van der Waals surface area contributed by atoms with E-state index in [2.05, 4.69) is 15.3 Å². The predicted molar refractivity (Wildman–Crippen MR) is 109 cm³/mol. The first kappa shape index (κ1) is 20.5. The molecule has 1 aromatic carbocycles. The van der Waals surface area contributed by atoms with Crippen LogP contribution in [0.5, 0.6) is 0 Å². The normalized spacial score (nSPS) is 15.8. The molecule has 0 radical (unpaired) electrons. The van der Waals surface area contributed by atoms with Gasteiger partial charge < -0.3 is 15.0 Å². The van der Waals surface area contributed by atoms with Gasteiger partial charge in [-0.2, -0.15) is 0 Å². The van der Waals surface area contributed by atoms with Gasteiger partial charge in [-0.1, -0.05) is 23.5 Å². The van der Waals surface area contributed by atoms with Crippen molar-refractivity contribution in [3.05, 3.63) is 42.5 Å². The van der Waals surface area contributed by atoms with Gasteiger partial charge in [0.25, 0.3) is 6.47 Å². The summed E-state index contributed by atoms with van der Waals surface area (Å²) in [5.41, 5.74) is 0.878. The van der Waals surface area contributed by atoms with Crippen molar-refractivity contribution in [3.63, 3.8) is 0 Å². The molecule has 3 heterocycles. The summed E-state index contributed by atoms with van der Waals surface area (Å²) in [5.74, 6) is 0.448. The van der Waals surface area contributed by atoms with Gasteiger partial charge in [0.15, 0.2) is 5.13 Å². The zero-order chi connectivity index (χ0) is 20.8. The lowest BCUT2D eigenvalue weighted by Gasteiger charge is -2.13. The highest BCUT2D eigenvalue weighted by atomic mass is 32.1. The van der Waals surface area contributed by atoms with Crippen molar-refractivity contribution in [2.45, 2.75) is 12.8 Å². The van der Waals surface area contributed by atoms with Gasteiger partial charge in [-0.3, -0.25) is 19.3 Å². The maximum absolute atomic E-state index is 12.4. The average Bonchev–Trinajstić information content (AvgIpc) is 3.40. The zero-order valence-corrected chi connectivity index (χ0v) is 16.6. The van der Waals surface area contributed by atoms with Crippen LogP contribution in [0.15, 0.2) is 36.7 Å². The van der Waals surface area contributed by atoms with Gasteiger partial charge >= 0.3 is 0 Å². The maximum atomic E-state index is 12.4. The number of para-hydroxylation sites is 1. The van der Waals surface area contributed by atoms with E-state index in [1.165, 1.54) is 11.3 Å². The van der Waals surface area contributed by atoms with Gasteiger partial charge in [0.1, 0.15) is 5.82 Å². The SMILES string of the molecule is Cn1ccnc1CCNC(=O)C1CC(=O)N(c2nc3ccccc3s2)C1.O=CO. The van der Waals surface area contributed by atoms with Crippen molar-refractivity contribution in [2.24, 2.45) is 13.0 Å². The Labute approximate surface area is 171 Å². The Morgan fingerprint density at radius 2 is 2.17 bits per heavy atom. The maximum Gasteiger partial charge on any atom is 0.290 e. The van der Waals surface area contributed by atoms with Crippen LogP contribution in [0.3, 0.4) is 0 Å². The van der Waals surface area contributed by atoms with Crippen LogP contribution in [-0.4, -0.2) is 51.0 Å². The van der Waals surface area contributed by atoms with Crippen molar-refractivity contribution in [1.29, 1.82) is 0 Å². The van der Waals surface area contributed by atoms with Gasteiger partial charge in [-0.25, -0.2) is 9.97 Å². The summed E-state index contributed by atoms with van der Waals surface area (Å²) in [7, 11) is 1.93. The summed E-state index contributed by atoms with van der Waals surface area (Å²) >= 11 is 1.48. The molecule has 9 nitrogen and oxygen atoms in total. The number of thiazole rings is 1. The first-order valence-corrected chi connectivity index (χ1v) is 9.82. The third kappa shape index (κ3) is 4.77. The number of carbonyl (C=O) groups is 3. The lowest BCUT2D eigenvalue weighted by atomic mass is 10.1. The molecule has 1 aliphatic heterocycles.